The summed E-state index contributed by atoms with van der Waals surface area (Å²) >= 11 is 0. The largest absolute Gasteiger partial charge is 0.481 e. The summed E-state index contributed by atoms with van der Waals surface area (Å²) in [6, 6.07) is 1.35. The Balaban J connectivity index is 2.54. The van der Waals surface area contributed by atoms with Crippen LogP contribution < -0.4 is 5.32 Å². The molecule has 0 radical (unpaired) electrons. The topological polar surface area (TPSA) is 52.6 Å². The molecule has 2 N–H and O–H groups in total. The highest BCUT2D eigenvalue weighted by molar-refractivity contribution is 5.66. The monoisotopic (exact) mass is 214 g/mol. The van der Waals surface area contributed by atoms with Crippen molar-refractivity contribution in [3.8, 4) is 0 Å². The highest BCUT2D eigenvalue weighted by atomic mass is 16.4. The maximum absolute atomic E-state index is 10.6. The molecular weight excluding hydrogens is 192 g/mol. The Bertz CT molecular complexity index is 219. The van der Waals surface area contributed by atoms with E-state index in [-0.39, 0.29) is 6.42 Å². The number of rotatable bonds is 4. The second kappa shape index (κ2) is 5.47. The summed E-state index contributed by atoms with van der Waals surface area (Å²) in [6.45, 7) is 8.46. The van der Waals surface area contributed by atoms with Crippen LogP contribution in [-0.2, 0) is 4.79 Å². The summed E-state index contributed by atoms with van der Waals surface area (Å²) in [5.74, 6) is -0.697. The van der Waals surface area contributed by atoms with Crippen molar-refractivity contribution in [2.24, 2.45) is 0 Å². The van der Waals surface area contributed by atoms with Crippen molar-refractivity contribution in [3.63, 3.8) is 0 Å². The molecule has 1 aliphatic rings. The van der Waals surface area contributed by atoms with E-state index in [9.17, 15) is 4.79 Å². The lowest BCUT2D eigenvalue weighted by Gasteiger charge is -2.43. The third kappa shape index (κ3) is 3.47. The SMILES string of the molecule is CC(C)N1C(C)CNCC1CCC(=O)O. The van der Waals surface area contributed by atoms with Gasteiger partial charge in [0.25, 0.3) is 0 Å². The summed E-state index contributed by atoms with van der Waals surface area (Å²) < 4.78 is 0. The van der Waals surface area contributed by atoms with E-state index in [1.807, 2.05) is 0 Å². The standard InChI is InChI=1S/C11H22N2O2/c1-8(2)13-9(3)6-12-7-10(13)4-5-11(14)15/h8-10,12H,4-7H2,1-3H3,(H,14,15). The molecule has 0 bridgehead atoms. The van der Waals surface area contributed by atoms with Crippen LogP contribution in [0.25, 0.3) is 0 Å². The van der Waals surface area contributed by atoms with Crippen LogP contribution in [-0.4, -0.2) is 47.2 Å². The van der Waals surface area contributed by atoms with Gasteiger partial charge in [-0.1, -0.05) is 0 Å². The van der Waals surface area contributed by atoms with E-state index >= 15 is 0 Å². The van der Waals surface area contributed by atoms with E-state index in [1.54, 1.807) is 0 Å². The molecular formula is C11H22N2O2. The maximum atomic E-state index is 10.6. The highest BCUT2D eigenvalue weighted by Crippen LogP contribution is 2.17. The second-order valence-corrected chi connectivity index (χ2v) is 4.63. The first-order chi connectivity index (χ1) is 7.02. The third-order valence-electron chi connectivity index (χ3n) is 3.04. The van der Waals surface area contributed by atoms with Crippen molar-refractivity contribution in [1.82, 2.24) is 10.2 Å². The van der Waals surface area contributed by atoms with Gasteiger partial charge in [-0.2, -0.15) is 0 Å². The lowest BCUT2D eigenvalue weighted by molar-refractivity contribution is -0.137. The van der Waals surface area contributed by atoms with Gasteiger partial charge in [0.05, 0.1) is 0 Å². The number of hydrogen-bond donors (Lipinski definition) is 2. The quantitative estimate of drug-likeness (QED) is 0.731. The molecule has 0 amide bonds. The molecule has 1 fully saturated rings. The van der Waals surface area contributed by atoms with Gasteiger partial charge in [-0.15, -0.1) is 0 Å². The number of carbonyl (C=O) groups is 1. The molecule has 0 aliphatic carbocycles. The summed E-state index contributed by atoms with van der Waals surface area (Å²) in [7, 11) is 0. The first kappa shape index (κ1) is 12.5. The zero-order valence-electron chi connectivity index (χ0n) is 9.86. The molecule has 88 valence electrons. The molecule has 4 nitrogen and oxygen atoms in total. The zero-order chi connectivity index (χ0) is 11.4. The van der Waals surface area contributed by atoms with Gasteiger partial charge in [-0.3, -0.25) is 9.69 Å². The molecule has 0 aromatic heterocycles. The van der Waals surface area contributed by atoms with Crippen LogP contribution in [0.15, 0.2) is 0 Å². The molecule has 4 heteroatoms. The van der Waals surface area contributed by atoms with E-state index in [0.717, 1.165) is 19.5 Å². The molecule has 2 unspecified atom stereocenters. The summed E-state index contributed by atoms with van der Waals surface area (Å²) in [5, 5.41) is 12.1. The Kier molecular flexibility index (Phi) is 4.54. The Morgan fingerprint density at radius 3 is 2.73 bits per heavy atom. The Morgan fingerprint density at radius 2 is 2.20 bits per heavy atom. The minimum atomic E-state index is -0.697. The van der Waals surface area contributed by atoms with E-state index in [2.05, 4.69) is 31.0 Å². The van der Waals surface area contributed by atoms with Crippen molar-refractivity contribution in [2.75, 3.05) is 13.1 Å². The second-order valence-electron chi connectivity index (χ2n) is 4.63. The van der Waals surface area contributed by atoms with Crippen LogP contribution in [0.3, 0.4) is 0 Å². The Morgan fingerprint density at radius 1 is 1.53 bits per heavy atom. The molecule has 0 aromatic carbocycles. The van der Waals surface area contributed by atoms with Crippen LogP contribution in [0.5, 0.6) is 0 Å². The average molecular weight is 214 g/mol. The lowest BCUT2D eigenvalue weighted by Crippen LogP contribution is -2.58. The number of piperazine rings is 1. The Hall–Kier alpha value is -0.610. The van der Waals surface area contributed by atoms with Crippen molar-refractivity contribution >= 4 is 5.97 Å². The summed E-state index contributed by atoms with van der Waals surface area (Å²) in [4.78, 5) is 13.0. The van der Waals surface area contributed by atoms with E-state index in [0.29, 0.717) is 18.1 Å². The number of hydrogen-bond acceptors (Lipinski definition) is 3. The maximum Gasteiger partial charge on any atom is 0.303 e. The van der Waals surface area contributed by atoms with Crippen molar-refractivity contribution in [1.29, 1.82) is 0 Å². The fourth-order valence-corrected chi connectivity index (χ4v) is 2.50. The van der Waals surface area contributed by atoms with Crippen LogP contribution >= 0.6 is 0 Å². The van der Waals surface area contributed by atoms with Crippen LogP contribution in [0.1, 0.15) is 33.6 Å². The molecule has 1 saturated heterocycles. The summed E-state index contributed by atoms with van der Waals surface area (Å²) in [5.41, 5.74) is 0. The van der Waals surface area contributed by atoms with Crippen LogP contribution in [0.2, 0.25) is 0 Å². The predicted octanol–water partition coefficient (Wildman–Crippen LogP) is 0.922. The lowest BCUT2D eigenvalue weighted by atomic mass is 10.0. The Labute approximate surface area is 91.6 Å². The molecule has 1 rings (SSSR count). The van der Waals surface area contributed by atoms with Crippen LogP contribution in [0.4, 0.5) is 0 Å². The van der Waals surface area contributed by atoms with Gasteiger partial charge in [0.1, 0.15) is 0 Å². The van der Waals surface area contributed by atoms with Gasteiger partial charge in [-0.05, 0) is 27.2 Å². The average Bonchev–Trinajstić information content (AvgIpc) is 2.13. The molecule has 1 aliphatic heterocycles. The van der Waals surface area contributed by atoms with Gasteiger partial charge < -0.3 is 10.4 Å². The number of nitrogens with one attached hydrogen (secondary N) is 1. The molecule has 2 atom stereocenters. The highest BCUT2D eigenvalue weighted by Gasteiger charge is 2.29. The molecule has 15 heavy (non-hydrogen) atoms. The minimum absolute atomic E-state index is 0.266. The van der Waals surface area contributed by atoms with Crippen molar-refractivity contribution in [2.45, 2.75) is 51.7 Å². The first-order valence-corrected chi connectivity index (χ1v) is 5.72. The normalized spacial score (nSPS) is 28.3. The van der Waals surface area contributed by atoms with E-state index in [1.165, 1.54) is 0 Å². The number of nitrogens with zero attached hydrogens (tertiary/aromatic N) is 1. The number of carboxylic acid groups (broad SMARTS) is 1. The molecule has 0 spiro atoms. The van der Waals surface area contributed by atoms with E-state index < -0.39 is 5.97 Å². The fraction of sp³-hybridized carbons (Fsp3) is 0.909. The van der Waals surface area contributed by atoms with Gasteiger partial charge >= 0.3 is 5.97 Å². The first-order valence-electron chi connectivity index (χ1n) is 5.72. The minimum Gasteiger partial charge on any atom is -0.481 e. The van der Waals surface area contributed by atoms with Crippen LogP contribution in [0, 0.1) is 0 Å². The smallest absolute Gasteiger partial charge is 0.303 e. The van der Waals surface area contributed by atoms with Crippen molar-refractivity contribution < 1.29 is 9.90 Å². The predicted molar refractivity (Wildman–Crippen MR) is 60.0 cm³/mol. The molecule has 0 saturated carbocycles. The number of aliphatic carboxylic acids is 1. The summed E-state index contributed by atoms with van der Waals surface area (Å²) in [6.07, 6.45) is 1.01. The fourth-order valence-electron chi connectivity index (χ4n) is 2.50. The third-order valence-corrected chi connectivity index (χ3v) is 3.04. The molecule has 1 heterocycles. The van der Waals surface area contributed by atoms with Crippen molar-refractivity contribution in [3.05, 3.63) is 0 Å². The van der Waals surface area contributed by atoms with E-state index in [4.69, 9.17) is 5.11 Å². The zero-order valence-corrected chi connectivity index (χ0v) is 9.86. The number of carboxylic acids is 1. The van der Waals surface area contributed by atoms with Gasteiger partial charge in [-0.25, -0.2) is 0 Å². The molecule has 0 aromatic rings. The van der Waals surface area contributed by atoms with Gasteiger partial charge in [0.15, 0.2) is 0 Å². The van der Waals surface area contributed by atoms with Gasteiger partial charge in [0.2, 0.25) is 0 Å². The van der Waals surface area contributed by atoms with Gasteiger partial charge in [0, 0.05) is 37.6 Å².